The van der Waals surface area contributed by atoms with Crippen LogP contribution in [0.15, 0.2) is 48.5 Å². The third kappa shape index (κ3) is 2.73. The van der Waals surface area contributed by atoms with Crippen LogP contribution in [0.2, 0.25) is 0 Å². The summed E-state index contributed by atoms with van der Waals surface area (Å²) in [6.07, 6.45) is 2.88. The van der Waals surface area contributed by atoms with E-state index in [0.717, 1.165) is 36.1 Å². The zero-order chi connectivity index (χ0) is 19.3. The number of aromatic nitrogens is 2. The highest BCUT2D eigenvalue weighted by atomic mass is 19.1. The van der Waals surface area contributed by atoms with Crippen LogP contribution >= 0.6 is 0 Å². The van der Waals surface area contributed by atoms with Gasteiger partial charge in [0.1, 0.15) is 5.82 Å². The number of aryl methyl sites for hydroxylation is 1. The van der Waals surface area contributed by atoms with Crippen molar-refractivity contribution < 1.29 is 9.18 Å². The number of halogens is 1. The minimum Gasteiger partial charge on any atom is -0.338 e. The number of amides is 1. The van der Waals surface area contributed by atoms with Crippen LogP contribution in [0, 0.1) is 5.82 Å². The van der Waals surface area contributed by atoms with Crippen molar-refractivity contribution in [2.45, 2.75) is 38.8 Å². The predicted molar refractivity (Wildman–Crippen MR) is 105 cm³/mol. The lowest BCUT2D eigenvalue weighted by Crippen LogP contribution is -2.35. The van der Waals surface area contributed by atoms with Gasteiger partial charge in [-0.3, -0.25) is 9.48 Å². The molecule has 0 radical (unpaired) electrons. The van der Waals surface area contributed by atoms with Crippen molar-refractivity contribution in [2.24, 2.45) is 0 Å². The Labute approximate surface area is 163 Å². The molecule has 0 unspecified atom stereocenters. The Morgan fingerprint density at radius 3 is 2.68 bits per heavy atom. The second-order valence-corrected chi connectivity index (χ2v) is 7.67. The summed E-state index contributed by atoms with van der Waals surface area (Å²) in [6, 6.07) is 15.3. The van der Waals surface area contributed by atoms with E-state index in [4.69, 9.17) is 5.10 Å². The van der Waals surface area contributed by atoms with Gasteiger partial charge in [-0.25, -0.2) is 4.39 Å². The highest BCUT2D eigenvalue weighted by Crippen LogP contribution is 2.38. The van der Waals surface area contributed by atoms with Crippen molar-refractivity contribution in [3.8, 4) is 11.3 Å². The first kappa shape index (κ1) is 17.2. The molecular weight excluding hydrogens is 353 g/mol. The maximum absolute atomic E-state index is 13.4. The topological polar surface area (TPSA) is 38.1 Å². The van der Waals surface area contributed by atoms with Gasteiger partial charge in [0, 0.05) is 43.3 Å². The Balaban J connectivity index is 1.64. The molecule has 1 aliphatic heterocycles. The summed E-state index contributed by atoms with van der Waals surface area (Å²) in [5.74, 6) is -0.179. The molecule has 0 fully saturated rings. The first-order chi connectivity index (χ1) is 13.6. The molecule has 28 heavy (non-hydrogen) atoms. The van der Waals surface area contributed by atoms with Gasteiger partial charge >= 0.3 is 0 Å². The molecule has 3 aromatic rings. The Morgan fingerprint density at radius 2 is 1.89 bits per heavy atom. The van der Waals surface area contributed by atoms with Crippen molar-refractivity contribution in [1.82, 2.24) is 14.7 Å². The molecule has 4 nitrogen and oxygen atoms in total. The van der Waals surface area contributed by atoms with E-state index >= 15 is 0 Å². The molecule has 1 amide bonds. The van der Waals surface area contributed by atoms with Crippen LogP contribution in [-0.4, -0.2) is 27.1 Å². The van der Waals surface area contributed by atoms with Crippen molar-refractivity contribution in [1.29, 1.82) is 0 Å². The first-order valence-electron chi connectivity index (χ1n) is 9.81. The minimum atomic E-state index is -0.257. The van der Waals surface area contributed by atoms with Gasteiger partial charge in [0.15, 0.2) is 0 Å². The minimum absolute atomic E-state index is 0.0784. The summed E-state index contributed by atoms with van der Waals surface area (Å²) in [6.45, 7) is 2.89. The molecule has 2 aliphatic rings. The van der Waals surface area contributed by atoms with Crippen molar-refractivity contribution >= 4 is 5.91 Å². The number of fused-ring (bicyclic) bond motifs is 2. The summed E-state index contributed by atoms with van der Waals surface area (Å²) in [4.78, 5) is 13.8. The third-order valence-corrected chi connectivity index (χ3v) is 6.05. The lowest BCUT2D eigenvalue weighted by atomic mass is 10.00. The Hall–Kier alpha value is -2.95. The van der Waals surface area contributed by atoms with Gasteiger partial charge in [0.25, 0.3) is 0 Å². The first-order valence-corrected chi connectivity index (χ1v) is 9.81. The third-order valence-electron chi connectivity index (χ3n) is 6.05. The Morgan fingerprint density at radius 1 is 1.11 bits per heavy atom. The van der Waals surface area contributed by atoms with Crippen LogP contribution < -0.4 is 0 Å². The number of rotatable bonds is 2. The van der Waals surface area contributed by atoms with Gasteiger partial charge in [0.05, 0.1) is 11.7 Å². The summed E-state index contributed by atoms with van der Waals surface area (Å²) >= 11 is 0. The largest absolute Gasteiger partial charge is 0.338 e. The second kappa shape index (κ2) is 6.59. The molecule has 0 bridgehead atoms. The van der Waals surface area contributed by atoms with Crippen LogP contribution in [0.25, 0.3) is 11.3 Å². The molecule has 0 N–H and O–H groups in total. The monoisotopic (exact) mass is 375 g/mol. The number of carbonyl (C=O) groups excluding carboxylic acids is 1. The van der Waals surface area contributed by atoms with E-state index in [9.17, 15) is 9.18 Å². The zero-order valence-electron chi connectivity index (χ0n) is 15.9. The number of carbonyl (C=O) groups is 1. The van der Waals surface area contributed by atoms with Gasteiger partial charge in [0.2, 0.25) is 5.91 Å². The van der Waals surface area contributed by atoms with E-state index in [1.54, 1.807) is 19.1 Å². The number of benzene rings is 2. The predicted octanol–water partition coefficient (Wildman–Crippen LogP) is 4.13. The maximum Gasteiger partial charge on any atom is 0.219 e. The molecule has 1 aromatic heterocycles. The van der Waals surface area contributed by atoms with Gasteiger partial charge < -0.3 is 4.90 Å². The Bertz CT molecular complexity index is 1050. The van der Waals surface area contributed by atoms with Crippen LogP contribution in [0.4, 0.5) is 4.39 Å². The fraction of sp³-hybridized carbons (Fsp3) is 0.304. The molecule has 5 heteroatoms. The van der Waals surface area contributed by atoms with E-state index in [0.29, 0.717) is 13.1 Å². The highest BCUT2D eigenvalue weighted by Gasteiger charge is 2.32. The standard InChI is InChI=1S/C23H22FN3O/c1-15(28)26-13-12-22-20(14-26)23(17-6-9-18(24)10-7-17)25-27(22)21-11-8-16-4-2-3-5-19(16)21/h2-7,9-10,21H,8,11-14H2,1H3/t21-/m1/s1. The lowest BCUT2D eigenvalue weighted by molar-refractivity contribution is -0.129. The smallest absolute Gasteiger partial charge is 0.219 e. The molecule has 1 aliphatic carbocycles. The number of hydrogen-bond acceptors (Lipinski definition) is 2. The van der Waals surface area contributed by atoms with Crippen LogP contribution in [0.5, 0.6) is 0 Å². The van der Waals surface area contributed by atoms with E-state index in [-0.39, 0.29) is 17.8 Å². The van der Waals surface area contributed by atoms with Gasteiger partial charge in [-0.15, -0.1) is 0 Å². The molecule has 142 valence electrons. The van der Waals surface area contributed by atoms with Crippen LogP contribution in [0.3, 0.4) is 0 Å². The van der Waals surface area contributed by atoms with Gasteiger partial charge in [-0.2, -0.15) is 5.10 Å². The quantitative estimate of drug-likeness (QED) is 0.675. The molecule has 0 saturated carbocycles. The molecule has 2 heterocycles. The van der Waals surface area contributed by atoms with E-state index in [1.165, 1.54) is 29.0 Å². The lowest BCUT2D eigenvalue weighted by Gasteiger charge is -2.28. The maximum atomic E-state index is 13.4. The van der Waals surface area contributed by atoms with E-state index in [2.05, 4.69) is 28.9 Å². The average Bonchev–Trinajstić information content (AvgIpc) is 3.29. The molecule has 0 spiro atoms. The van der Waals surface area contributed by atoms with E-state index < -0.39 is 0 Å². The van der Waals surface area contributed by atoms with Gasteiger partial charge in [-0.1, -0.05) is 24.3 Å². The van der Waals surface area contributed by atoms with Crippen LogP contribution in [0.1, 0.15) is 41.8 Å². The SMILES string of the molecule is CC(=O)N1CCc2c(c(-c3ccc(F)cc3)nn2[C@@H]2CCc3ccccc32)C1. The van der Waals surface area contributed by atoms with Gasteiger partial charge in [-0.05, 0) is 48.2 Å². The molecule has 5 rings (SSSR count). The summed E-state index contributed by atoms with van der Waals surface area (Å²) < 4.78 is 15.6. The van der Waals surface area contributed by atoms with Crippen molar-refractivity contribution in [3.05, 3.63) is 76.7 Å². The average molecular weight is 375 g/mol. The summed E-state index contributed by atoms with van der Waals surface area (Å²) in [5, 5.41) is 5.02. The van der Waals surface area contributed by atoms with Crippen LogP contribution in [-0.2, 0) is 24.2 Å². The molecule has 0 saturated heterocycles. The number of hydrogen-bond donors (Lipinski definition) is 0. The molecular formula is C23H22FN3O. The van der Waals surface area contributed by atoms with Crippen molar-refractivity contribution in [2.75, 3.05) is 6.54 Å². The Kier molecular flexibility index (Phi) is 4.04. The zero-order valence-corrected chi connectivity index (χ0v) is 15.9. The number of nitrogens with zero attached hydrogens (tertiary/aromatic N) is 3. The normalized spacial score (nSPS) is 18.1. The fourth-order valence-corrected chi connectivity index (χ4v) is 4.60. The van der Waals surface area contributed by atoms with E-state index in [1.807, 2.05) is 4.90 Å². The van der Waals surface area contributed by atoms with Crippen molar-refractivity contribution in [3.63, 3.8) is 0 Å². The highest BCUT2D eigenvalue weighted by molar-refractivity contribution is 5.74. The summed E-state index contributed by atoms with van der Waals surface area (Å²) in [7, 11) is 0. The fourth-order valence-electron chi connectivity index (χ4n) is 4.60. The molecule has 1 atom stereocenters. The molecule has 2 aromatic carbocycles. The summed E-state index contributed by atoms with van der Waals surface area (Å²) in [5.41, 5.74) is 6.79. The second-order valence-electron chi connectivity index (χ2n) is 7.67.